The van der Waals surface area contributed by atoms with Crippen LogP contribution in [0, 0.1) is 0 Å². The monoisotopic (exact) mass is 264 g/mol. The zero-order valence-corrected chi connectivity index (χ0v) is 9.89. The highest BCUT2D eigenvalue weighted by atomic mass is 35.5. The van der Waals surface area contributed by atoms with E-state index in [1.807, 2.05) is 0 Å². The van der Waals surface area contributed by atoms with Crippen LogP contribution in [0.15, 0.2) is 30.3 Å². The van der Waals surface area contributed by atoms with Crippen molar-refractivity contribution in [1.82, 2.24) is 10.2 Å². The minimum absolute atomic E-state index is 0.0609. The van der Waals surface area contributed by atoms with Crippen molar-refractivity contribution in [3.8, 4) is 11.6 Å². The summed E-state index contributed by atoms with van der Waals surface area (Å²) in [4.78, 5) is 10.8. The highest BCUT2D eigenvalue weighted by Crippen LogP contribution is 2.29. The van der Waals surface area contributed by atoms with Crippen LogP contribution in [0.3, 0.4) is 0 Å². The standard InChI is InChI=1S/C11H9ClN4O2/c12-7-5-6(13)1-3-9(7)18-10-4-2-8(11(14)17)15-16-10/h1-5H,13H2,(H2,14,17). The molecule has 7 heteroatoms. The van der Waals surface area contributed by atoms with Crippen LogP contribution in [0.4, 0.5) is 5.69 Å². The van der Waals surface area contributed by atoms with Crippen LogP contribution in [0.1, 0.15) is 10.5 Å². The summed E-state index contributed by atoms with van der Waals surface area (Å²) in [5, 5.41) is 7.66. The Morgan fingerprint density at radius 3 is 2.56 bits per heavy atom. The Labute approximate surface area is 108 Å². The van der Waals surface area contributed by atoms with E-state index in [2.05, 4.69) is 10.2 Å². The van der Waals surface area contributed by atoms with Gasteiger partial charge in [-0.1, -0.05) is 11.6 Å². The van der Waals surface area contributed by atoms with Gasteiger partial charge in [-0.25, -0.2) is 0 Å². The van der Waals surface area contributed by atoms with Crippen LogP contribution < -0.4 is 16.2 Å². The number of carbonyl (C=O) groups excluding carboxylic acids is 1. The third-order valence-electron chi connectivity index (χ3n) is 2.06. The fourth-order valence-electron chi connectivity index (χ4n) is 1.22. The third-order valence-corrected chi connectivity index (χ3v) is 2.36. The van der Waals surface area contributed by atoms with Crippen molar-refractivity contribution in [3.63, 3.8) is 0 Å². The lowest BCUT2D eigenvalue weighted by molar-refractivity contribution is 0.0994. The number of amides is 1. The first-order valence-corrected chi connectivity index (χ1v) is 5.30. The van der Waals surface area contributed by atoms with Crippen LogP contribution in [-0.2, 0) is 0 Å². The summed E-state index contributed by atoms with van der Waals surface area (Å²) in [5.74, 6) is -0.0572. The van der Waals surface area contributed by atoms with Crippen LogP contribution in [-0.4, -0.2) is 16.1 Å². The number of aromatic nitrogens is 2. The number of hydrogen-bond donors (Lipinski definition) is 2. The zero-order chi connectivity index (χ0) is 13.1. The molecule has 2 rings (SSSR count). The van der Waals surface area contributed by atoms with Crippen molar-refractivity contribution in [2.45, 2.75) is 0 Å². The summed E-state index contributed by atoms with van der Waals surface area (Å²) < 4.78 is 5.39. The van der Waals surface area contributed by atoms with Gasteiger partial charge in [0.1, 0.15) is 5.75 Å². The quantitative estimate of drug-likeness (QED) is 0.820. The van der Waals surface area contributed by atoms with E-state index in [0.29, 0.717) is 16.5 Å². The summed E-state index contributed by atoms with van der Waals surface area (Å²) in [6.45, 7) is 0. The molecule has 92 valence electrons. The van der Waals surface area contributed by atoms with Crippen molar-refractivity contribution in [3.05, 3.63) is 41.0 Å². The lowest BCUT2D eigenvalue weighted by atomic mass is 10.3. The van der Waals surface area contributed by atoms with Crippen LogP contribution in [0.5, 0.6) is 11.6 Å². The molecule has 0 fully saturated rings. The molecule has 1 amide bonds. The van der Waals surface area contributed by atoms with Gasteiger partial charge in [-0.05, 0) is 24.3 Å². The molecule has 0 bridgehead atoms. The maximum Gasteiger partial charge on any atom is 0.269 e. The largest absolute Gasteiger partial charge is 0.436 e. The fourth-order valence-corrected chi connectivity index (χ4v) is 1.45. The van der Waals surface area contributed by atoms with E-state index in [9.17, 15) is 4.79 Å². The zero-order valence-electron chi connectivity index (χ0n) is 9.13. The molecule has 2 aromatic rings. The second-order valence-electron chi connectivity index (χ2n) is 3.41. The molecule has 1 heterocycles. The molecular formula is C11H9ClN4O2. The average molecular weight is 265 g/mol. The van der Waals surface area contributed by atoms with Crippen LogP contribution in [0.25, 0.3) is 0 Å². The molecule has 0 unspecified atom stereocenters. The molecule has 0 saturated carbocycles. The molecule has 0 aliphatic rings. The van der Waals surface area contributed by atoms with E-state index in [0.717, 1.165) is 0 Å². The number of anilines is 1. The second kappa shape index (κ2) is 4.89. The van der Waals surface area contributed by atoms with E-state index in [1.165, 1.54) is 12.1 Å². The Balaban J connectivity index is 2.21. The summed E-state index contributed by atoms with van der Waals surface area (Å²) in [7, 11) is 0. The summed E-state index contributed by atoms with van der Waals surface area (Å²) in [6, 6.07) is 7.70. The maximum atomic E-state index is 10.8. The lowest BCUT2D eigenvalue weighted by Crippen LogP contribution is -2.13. The van der Waals surface area contributed by atoms with Gasteiger partial charge in [-0.3, -0.25) is 4.79 Å². The third kappa shape index (κ3) is 2.67. The molecule has 1 aromatic heterocycles. The number of hydrogen-bond acceptors (Lipinski definition) is 5. The van der Waals surface area contributed by atoms with Crippen molar-refractivity contribution < 1.29 is 9.53 Å². The molecule has 0 radical (unpaired) electrons. The Bertz CT molecular complexity index is 586. The summed E-state index contributed by atoms with van der Waals surface area (Å²) >= 11 is 5.93. The first kappa shape index (κ1) is 12.1. The van der Waals surface area contributed by atoms with Crippen molar-refractivity contribution in [1.29, 1.82) is 0 Å². The second-order valence-corrected chi connectivity index (χ2v) is 3.82. The number of nitrogens with two attached hydrogens (primary N) is 2. The van der Waals surface area contributed by atoms with E-state index >= 15 is 0 Å². The molecule has 6 nitrogen and oxygen atoms in total. The number of benzene rings is 1. The first-order valence-electron chi connectivity index (χ1n) is 4.92. The number of ether oxygens (including phenoxy) is 1. The van der Waals surface area contributed by atoms with E-state index in [1.54, 1.807) is 18.2 Å². The molecule has 1 aromatic carbocycles. The Morgan fingerprint density at radius 1 is 1.22 bits per heavy atom. The number of nitrogen functional groups attached to an aromatic ring is 1. The van der Waals surface area contributed by atoms with Gasteiger partial charge >= 0.3 is 0 Å². The smallest absolute Gasteiger partial charge is 0.269 e. The molecular weight excluding hydrogens is 256 g/mol. The van der Waals surface area contributed by atoms with Gasteiger partial charge in [0.25, 0.3) is 5.91 Å². The summed E-state index contributed by atoms with van der Waals surface area (Å²) in [6.07, 6.45) is 0. The number of rotatable bonds is 3. The molecule has 4 N–H and O–H groups in total. The highest BCUT2D eigenvalue weighted by molar-refractivity contribution is 6.32. The number of primary amides is 1. The van der Waals surface area contributed by atoms with Crippen molar-refractivity contribution in [2.75, 3.05) is 5.73 Å². The SMILES string of the molecule is NC(=O)c1ccc(Oc2ccc(N)cc2Cl)nn1. The molecule has 0 spiro atoms. The number of carbonyl (C=O) groups is 1. The highest BCUT2D eigenvalue weighted by Gasteiger charge is 2.07. The van der Waals surface area contributed by atoms with Crippen LogP contribution in [0.2, 0.25) is 5.02 Å². The Morgan fingerprint density at radius 2 is 2.00 bits per heavy atom. The number of nitrogens with zero attached hydrogens (tertiary/aromatic N) is 2. The van der Waals surface area contributed by atoms with Gasteiger partial charge in [0, 0.05) is 11.8 Å². The van der Waals surface area contributed by atoms with Gasteiger partial charge in [-0.15, -0.1) is 10.2 Å². The van der Waals surface area contributed by atoms with Crippen molar-refractivity contribution in [2.24, 2.45) is 5.73 Å². The van der Waals surface area contributed by atoms with Gasteiger partial charge in [0.15, 0.2) is 5.69 Å². The first-order chi connectivity index (χ1) is 8.56. The number of halogens is 1. The van der Waals surface area contributed by atoms with E-state index < -0.39 is 5.91 Å². The van der Waals surface area contributed by atoms with Gasteiger partial charge in [-0.2, -0.15) is 0 Å². The topological polar surface area (TPSA) is 104 Å². The molecule has 0 saturated heterocycles. The fraction of sp³-hybridized carbons (Fsp3) is 0. The van der Waals surface area contributed by atoms with Crippen molar-refractivity contribution >= 4 is 23.2 Å². The molecule has 0 aliphatic carbocycles. The normalized spacial score (nSPS) is 10.1. The predicted octanol–water partition coefficient (Wildman–Crippen LogP) is 1.60. The summed E-state index contributed by atoms with van der Waals surface area (Å²) in [5.41, 5.74) is 11.2. The minimum atomic E-state index is -0.653. The Kier molecular flexibility index (Phi) is 3.29. The lowest BCUT2D eigenvalue weighted by Gasteiger charge is -2.06. The van der Waals surface area contributed by atoms with Crippen LogP contribution >= 0.6 is 11.6 Å². The predicted molar refractivity (Wildman–Crippen MR) is 66.5 cm³/mol. The average Bonchev–Trinajstić information content (AvgIpc) is 2.33. The molecule has 18 heavy (non-hydrogen) atoms. The molecule has 0 atom stereocenters. The van der Waals surface area contributed by atoms with Gasteiger partial charge in [0.05, 0.1) is 5.02 Å². The molecule has 0 aliphatic heterocycles. The van der Waals surface area contributed by atoms with Gasteiger partial charge < -0.3 is 16.2 Å². The minimum Gasteiger partial charge on any atom is -0.436 e. The van der Waals surface area contributed by atoms with E-state index in [4.69, 9.17) is 27.8 Å². The van der Waals surface area contributed by atoms with E-state index in [-0.39, 0.29) is 11.6 Å². The Hall–Kier alpha value is -2.34. The van der Waals surface area contributed by atoms with Gasteiger partial charge in [0.2, 0.25) is 5.88 Å². The maximum absolute atomic E-state index is 10.8.